The van der Waals surface area contributed by atoms with Gasteiger partial charge in [-0.15, -0.1) is 15.3 Å². The Kier molecular flexibility index (Phi) is 5.20. The summed E-state index contributed by atoms with van der Waals surface area (Å²) in [6.07, 6.45) is 1.68. The second kappa shape index (κ2) is 7.14. The van der Waals surface area contributed by atoms with Crippen LogP contribution in [0.3, 0.4) is 0 Å². The second-order valence-electron chi connectivity index (χ2n) is 4.89. The predicted octanol–water partition coefficient (Wildman–Crippen LogP) is 2.53. The standard InChI is InChI=1S/C14H13N7O2.Ni/c1-21(2)10-6-5-9(11-8(10)4-3-7-15-11)17-19-14-16-12(13(22)23)18-20-14;/h3-7H,1-2H3,(H,22,23)(H,16,18,20);. The van der Waals surface area contributed by atoms with Gasteiger partial charge in [0.15, 0.2) is 0 Å². The number of aromatic amines is 1. The van der Waals surface area contributed by atoms with E-state index in [2.05, 4.69) is 30.4 Å². The Balaban J connectivity index is 0.00000208. The summed E-state index contributed by atoms with van der Waals surface area (Å²) in [6, 6.07) is 7.51. The van der Waals surface area contributed by atoms with Crippen LogP contribution in [-0.2, 0) is 16.5 Å². The minimum Gasteiger partial charge on any atom is -0.475 e. The van der Waals surface area contributed by atoms with E-state index in [1.807, 2.05) is 37.2 Å². The molecule has 2 heterocycles. The van der Waals surface area contributed by atoms with Gasteiger partial charge in [-0.05, 0) is 24.3 Å². The number of nitrogens with zero attached hydrogens (tertiary/aromatic N) is 6. The molecule has 3 aromatic rings. The first-order valence-corrected chi connectivity index (χ1v) is 6.69. The van der Waals surface area contributed by atoms with Gasteiger partial charge in [0.05, 0.1) is 5.52 Å². The molecule has 0 radical (unpaired) electrons. The Morgan fingerprint density at radius 2 is 2.04 bits per heavy atom. The maximum atomic E-state index is 10.7. The molecule has 0 fully saturated rings. The molecule has 0 unspecified atom stereocenters. The molecule has 0 aliphatic rings. The van der Waals surface area contributed by atoms with Gasteiger partial charge in [0.25, 0.3) is 5.95 Å². The number of carbonyl (C=O) groups is 1. The van der Waals surface area contributed by atoms with Crippen molar-refractivity contribution in [2.24, 2.45) is 10.2 Å². The summed E-state index contributed by atoms with van der Waals surface area (Å²) in [7, 11) is 3.90. The first kappa shape index (κ1) is 17.5. The number of fused-ring (bicyclic) bond motifs is 1. The molecule has 2 aromatic heterocycles. The molecular formula is C14H13N7NiO2. The first-order valence-electron chi connectivity index (χ1n) is 6.69. The zero-order chi connectivity index (χ0) is 16.4. The summed E-state index contributed by atoms with van der Waals surface area (Å²) >= 11 is 0. The number of benzene rings is 1. The SMILES string of the molecule is CN(C)c1ccc(N=Nc2n[nH]c(C(=O)O)n2)c2ncccc12.[Ni]. The van der Waals surface area contributed by atoms with Gasteiger partial charge in [-0.3, -0.25) is 10.1 Å². The third-order valence-electron chi connectivity index (χ3n) is 3.13. The van der Waals surface area contributed by atoms with E-state index in [0.29, 0.717) is 11.2 Å². The molecule has 24 heavy (non-hydrogen) atoms. The molecule has 0 aliphatic heterocycles. The Morgan fingerprint density at radius 1 is 1.25 bits per heavy atom. The largest absolute Gasteiger partial charge is 0.475 e. The molecule has 126 valence electrons. The summed E-state index contributed by atoms with van der Waals surface area (Å²) in [4.78, 5) is 20.8. The Bertz CT molecular complexity index is 907. The van der Waals surface area contributed by atoms with Gasteiger partial charge < -0.3 is 10.0 Å². The van der Waals surface area contributed by atoms with Crippen LogP contribution in [0.5, 0.6) is 0 Å². The molecule has 0 atom stereocenters. The summed E-state index contributed by atoms with van der Waals surface area (Å²) in [5, 5.41) is 23.6. The molecule has 9 nitrogen and oxygen atoms in total. The van der Waals surface area contributed by atoms with Crippen molar-refractivity contribution in [1.82, 2.24) is 20.2 Å². The van der Waals surface area contributed by atoms with E-state index in [0.717, 1.165) is 11.1 Å². The molecule has 0 spiro atoms. The number of aromatic nitrogens is 4. The molecule has 2 N–H and O–H groups in total. The van der Waals surface area contributed by atoms with Gasteiger partial charge in [0.1, 0.15) is 5.69 Å². The second-order valence-corrected chi connectivity index (χ2v) is 4.89. The van der Waals surface area contributed by atoms with Gasteiger partial charge in [-0.2, -0.15) is 4.98 Å². The van der Waals surface area contributed by atoms with Crippen LogP contribution < -0.4 is 4.90 Å². The maximum Gasteiger partial charge on any atom is 0.373 e. The number of azo groups is 1. The smallest absolute Gasteiger partial charge is 0.373 e. The van der Waals surface area contributed by atoms with Crippen LogP contribution in [0.1, 0.15) is 10.6 Å². The average molecular weight is 370 g/mol. The van der Waals surface area contributed by atoms with Crippen molar-refractivity contribution in [2.45, 2.75) is 0 Å². The van der Waals surface area contributed by atoms with Crippen molar-refractivity contribution in [3.8, 4) is 0 Å². The molecule has 0 amide bonds. The van der Waals surface area contributed by atoms with Gasteiger partial charge in [-0.1, -0.05) is 0 Å². The first-order chi connectivity index (χ1) is 11.1. The van der Waals surface area contributed by atoms with Gasteiger partial charge in [0, 0.05) is 47.9 Å². The molecular weight excluding hydrogens is 357 g/mol. The van der Waals surface area contributed by atoms with Gasteiger partial charge in [-0.25, -0.2) is 4.79 Å². The van der Waals surface area contributed by atoms with Gasteiger partial charge >= 0.3 is 5.97 Å². The van der Waals surface area contributed by atoms with Crippen molar-refractivity contribution >= 4 is 34.2 Å². The summed E-state index contributed by atoms with van der Waals surface area (Å²) < 4.78 is 0. The Labute approximate surface area is 146 Å². The normalized spacial score (nSPS) is 10.8. The summed E-state index contributed by atoms with van der Waals surface area (Å²) in [6.45, 7) is 0. The van der Waals surface area contributed by atoms with Crippen LogP contribution in [0.15, 0.2) is 40.7 Å². The number of carboxylic acids is 1. The van der Waals surface area contributed by atoms with Crippen molar-refractivity contribution in [3.63, 3.8) is 0 Å². The third-order valence-corrected chi connectivity index (χ3v) is 3.13. The van der Waals surface area contributed by atoms with E-state index in [-0.39, 0.29) is 28.3 Å². The van der Waals surface area contributed by atoms with Crippen LogP contribution in [0.4, 0.5) is 17.3 Å². The fourth-order valence-corrected chi connectivity index (χ4v) is 2.11. The number of aromatic carboxylic acids is 1. The zero-order valence-electron chi connectivity index (χ0n) is 12.7. The monoisotopic (exact) mass is 369 g/mol. The van der Waals surface area contributed by atoms with Crippen molar-refractivity contribution < 1.29 is 26.4 Å². The average Bonchev–Trinajstić information content (AvgIpc) is 3.01. The molecule has 3 rings (SSSR count). The van der Waals surface area contributed by atoms with Crippen LogP contribution in [0, 0.1) is 0 Å². The molecule has 0 saturated carbocycles. The molecule has 0 saturated heterocycles. The van der Waals surface area contributed by atoms with E-state index in [4.69, 9.17) is 5.11 Å². The number of hydrogen-bond donors (Lipinski definition) is 2. The van der Waals surface area contributed by atoms with Crippen LogP contribution in [-0.4, -0.2) is 45.3 Å². The van der Waals surface area contributed by atoms with Crippen molar-refractivity contribution in [2.75, 3.05) is 19.0 Å². The number of nitrogens with one attached hydrogen (secondary N) is 1. The maximum absolute atomic E-state index is 10.7. The van der Waals surface area contributed by atoms with E-state index < -0.39 is 5.97 Å². The Hall–Kier alpha value is -2.87. The van der Waals surface area contributed by atoms with Crippen LogP contribution in [0.2, 0.25) is 0 Å². The quantitative estimate of drug-likeness (QED) is 0.538. The number of rotatable bonds is 4. The third kappa shape index (κ3) is 3.38. The fraction of sp³-hybridized carbons (Fsp3) is 0.143. The predicted molar refractivity (Wildman–Crippen MR) is 83.6 cm³/mol. The van der Waals surface area contributed by atoms with E-state index in [1.54, 1.807) is 12.3 Å². The number of hydrogen-bond acceptors (Lipinski definition) is 7. The van der Waals surface area contributed by atoms with E-state index in [1.165, 1.54) is 0 Å². The number of carboxylic acid groups (broad SMARTS) is 1. The summed E-state index contributed by atoms with van der Waals surface area (Å²) in [5.74, 6) is -1.55. The van der Waals surface area contributed by atoms with E-state index in [9.17, 15) is 4.79 Å². The molecule has 1 aromatic carbocycles. The van der Waals surface area contributed by atoms with E-state index >= 15 is 0 Å². The molecule has 10 heteroatoms. The molecule has 0 bridgehead atoms. The van der Waals surface area contributed by atoms with Crippen LogP contribution in [0.25, 0.3) is 10.9 Å². The van der Waals surface area contributed by atoms with Crippen molar-refractivity contribution in [1.29, 1.82) is 0 Å². The topological polar surface area (TPSA) is 120 Å². The summed E-state index contributed by atoms with van der Waals surface area (Å²) in [5.41, 5.74) is 2.25. The zero-order valence-corrected chi connectivity index (χ0v) is 13.7. The minimum atomic E-state index is -1.21. The fourth-order valence-electron chi connectivity index (χ4n) is 2.11. The van der Waals surface area contributed by atoms with Crippen LogP contribution >= 0.6 is 0 Å². The van der Waals surface area contributed by atoms with Crippen molar-refractivity contribution in [3.05, 3.63) is 36.3 Å². The number of anilines is 1. The minimum absolute atomic E-state index is 0. The van der Waals surface area contributed by atoms with Gasteiger partial charge in [0.2, 0.25) is 5.82 Å². The molecule has 0 aliphatic carbocycles. The number of pyridine rings is 1. The Morgan fingerprint density at radius 3 is 2.71 bits per heavy atom. The number of H-pyrrole nitrogens is 1.